The summed E-state index contributed by atoms with van der Waals surface area (Å²) in [5.74, 6) is 0.647. The summed E-state index contributed by atoms with van der Waals surface area (Å²) in [5, 5.41) is 16.7. The van der Waals surface area contributed by atoms with Crippen molar-refractivity contribution in [2.24, 2.45) is 7.05 Å². The molecular weight excluding hydrogens is 391 g/mol. The Bertz CT molecular complexity index is 913. The zero-order valence-corrected chi connectivity index (χ0v) is 16.7. The molecule has 2 heterocycles. The normalized spacial score (nSPS) is 10.8. The van der Waals surface area contributed by atoms with Gasteiger partial charge < -0.3 is 10.6 Å². The van der Waals surface area contributed by atoms with Crippen LogP contribution in [0, 0.1) is 6.92 Å². The molecule has 3 rings (SSSR count). The maximum atomic E-state index is 6.21. The zero-order valence-electron chi connectivity index (χ0n) is 14.3. The third-order valence-corrected chi connectivity index (χ3v) is 4.77. The van der Waals surface area contributed by atoms with E-state index < -0.39 is 0 Å². The predicted octanol–water partition coefficient (Wildman–Crippen LogP) is 3.77. The number of anilines is 1. The molecule has 1 aromatic carbocycles. The van der Waals surface area contributed by atoms with Gasteiger partial charge in [-0.2, -0.15) is 10.2 Å². The van der Waals surface area contributed by atoms with Gasteiger partial charge in [0.15, 0.2) is 10.9 Å². The van der Waals surface area contributed by atoms with Gasteiger partial charge in [-0.25, -0.2) is 0 Å². The molecule has 0 aliphatic rings. The number of benzene rings is 1. The zero-order chi connectivity index (χ0) is 18.7. The van der Waals surface area contributed by atoms with Gasteiger partial charge in [-0.1, -0.05) is 29.3 Å². The first-order chi connectivity index (χ1) is 12.4. The number of aromatic nitrogens is 4. The maximum absolute atomic E-state index is 6.21. The van der Waals surface area contributed by atoms with Crippen LogP contribution in [0.2, 0.25) is 10.0 Å². The summed E-state index contributed by atoms with van der Waals surface area (Å²) in [6.45, 7) is 3.05. The summed E-state index contributed by atoms with van der Waals surface area (Å²) in [7, 11) is 1.89. The van der Waals surface area contributed by atoms with Gasteiger partial charge in [-0.3, -0.25) is 9.36 Å². The minimum absolute atomic E-state index is 0.481. The largest absolute Gasteiger partial charge is 0.358 e. The second-order valence-corrected chi connectivity index (χ2v) is 7.04. The molecule has 0 saturated carbocycles. The van der Waals surface area contributed by atoms with Gasteiger partial charge in [0.1, 0.15) is 0 Å². The first kappa shape index (κ1) is 18.7. The van der Waals surface area contributed by atoms with E-state index >= 15 is 0 Å². The fourth-order valence-corrected chi connectivity index (χ4v) is 3.21. The predicted molar refractivity (Wildman–Crippen MR) is 109 cm³/mol. The molecule has 26 heavy (non-hydrogen) atoms. The van der Waals surface area contributed by atoms with Crippen LogP contribution in [0.5, 0.6) is 0 Å². The minimum atomic E-state index is 0.481. The van der Waals surface area contributed by atoms with Crippen LogP contribution < -0.4 is 10.6 Å². The van der Waals surface area contributed by atoms with Crippen LogP contribution >= 0.6 is 35.4 Å². The highest BCUT2D eigenvalue weighted by atomic mass is 35.5. The molecule has 6 nitrogen and oxygen atoms in total. The molecule has 0 fully saturated rings. The quantitative estimate of drug-likeness (QED) is 0.629. The van der Waals surface area contributed by atoms with Crippen molar-refractivity contribution in [3.8, 4) is 0 Å². The first-order valence-corrected chi connectivity index (χ1v) is 9.09. The third-order valence-electron chi connectivity index (χ3n) is 3.82. The molecular formula is C17H18Cl2N6S. The highest BCUT2D eigenvalue weighted by molar-refractivity contribution is 7.80. The smallest absolute Gasteiger partial charge is 0.172 e. The molecule has 0 bridgehead atoms. The van der Waals surface area contributed by atoms with Gasteiger partial charge in [0.25, 0.3) is 0 Å². The molecule has 0 spiro atoms. The molecule has 2 N–H and O–H groups in total. The van der Waals surface area contributed by atoms with Crippen LogP contribution in [0.15, 0.2) is 36.7 Å². The monoisotopic (exact) mass is 408 g/mol. The molecule has 136 valence electrons. The Morgan fingerprint density at radius 2 is 1.92 bits per heavy atom. The number of thiocarbonyl (C=S) groups is 1. The summed E-state index contributed by atoms with van der Waals surface area (Å²) < 4.78 is 3.54. The number of nitrogens with zero attached hydrogens (tertiary/aromatic N) is 4. The van der Waals surface area contributed by atoms with Gasteiger partial charge in [0, 0.05) is 53.2 Å². The van der Waals surface area contributed by atoms with E-state index in [9.17, 15) is 0 Å². The van der Waals surface area contributed by atoms with Crippen molar-refractivity contribution in [3.63, 3.8) is 0 Å². The van der Waals surface area contributed by atoms with Crippen LogP contribution in [0.1, 0.15) is 16.8 Å². The second-order valence-electron chi connectivity index (χ2n) is 5.82. The van der Waals surface area contributed by atoms with E-state index in [1.807, 2.05) is 50.6 Å². The van der Waals surface area contributed by atoms with Crippen molar-refractivity contribution in [1.29, 1.82) is 0 Å². The second kappa shape index (κ2) is 8.07. The number of hydrogen-bond acceptors (Lipinski definition) is 3. The van der Waals surface area contributed by atoms with Crippen LogP contribution in [0.4, 0.5) is 5.82 Å². The molecule has 0 amide bonds. The SMILES string of the molecule is Cc1nn(C)cc1CNC(=S)Nc1ccn(Cc2c(Cl)cccc2Cl)n1. The number of halogens is 2. The highest BCUT2D eigenvalue weighted by Crippen LogP contribution is 2.25. The fraction of sp³-hybridized carbons (Fsp3) is 0.235. The summed E-state index contributed by atoms with van der Waals surface area (Å²) >= 11 is 17.7. The summed E-state index contributed by atoms with van der Waals surface area (Å²) in [6, 6.07) is 7.28. The number of nitrogens with one attached hydrogen (secondary N) is 2. The van der Waals surface area contributed by atoms with E-state index in [-0.39, 0.29) is 0 Å². The highest BCUT2D eigenvalue weighted by Gasteiger charge is 2.09. The Labute approximate surface area is 167 Å². The van der Waals surface area contributed by atoms with E-state index in [0.29, 0.717) is 34.1 Å². The first-order valence-electron chi connectivity index (χ1n) is 7.92. The van der Waals surface area contributed by atoms with Gasteiger partial charge in [-0.15, -0.1) is 0 Å². The average Bonchev–Trinajstić information content (AvgIpc) is 3.15. The number of hydrogen-bond donors (Lipinski definition) is 2. The summed E-state index contributed by atoms with van der Waals surface area (Å²) in [6.07, 6.45) is 3.81. The third kappa shape index (κ3) is 4.55. The number of aryl methyl sites for hydroxylation is 2. The lowest BCUT2D eigenvalue weighted by atomic mass is 10.2. The van der Waals surface area contributed by atoms with Crippen molar-refractivity contribution < 1.29 is 0 Å². The maximum Gasteiger partial charge on any atom is 0.172 e. The molecule has 0 radical (unpaired) electrons. The fourth-order valence-electron chi connectivity index (χ4n) is 2.52. The van der Waals surface area contributed by atoms with Gasteiger partial charge >= 0.3 is 0 Å². The molecule has 0 aliphatic heterocycles. The van der Waals surface area contributed by atoms with Crippen LogP contribution in [0.25, 0.3) is 0 Å². The summed E-state index contributed by atoms with van der Waals surface area (Å²) in [4.78, 5) is 0. The Kier molecular flexibility index (Phi) is 5.80. The molecule has 0 unspecified atom stereocenters. The topological polar surface area (TPSA) is 59.7 Å². The lowest BCUT2D eigenvalue weighted by molar-refractivity contribution is 0.690. The molecule has 3 aromatic rings. The summed E-state index contributed by atoms with van der Waals surface area (Å²) in [5.41, 5.74) is 2.90. The Balaban J connectivity index is 1.58. The van der Waals surface area contributed by atoms with Crippen LogP contribution in [-0.2, 0) is 20.1 Å². The molecule has 0 atom stereocenters. The Morgan fingerprint density at radius 1 is 1.19 bits per heavy atom. The van der Waals surface area contributed by atoms with E-state index in [2.05, 4.69) is 20.8 Å². The van der Waals surface area contributed by atoms with Crippen molar-refractivity contribution in [1.82, 2.24) is 24.9 Å². The lowest BCUT2D eigenvalue weighted by Crippen LogP contribution is -2.28. The van der Waals surface area contributed by atoms with Crippen molar-refractivity contribution in [2.75, 3.05) is 5.32 Å². The Morgan fingerprint density at radius 3 is 2.58 bits per heavy atom. The van der Waals surface area contributed by atoms with Crippen molar-refractivity contribution in [2.45, 2.75) is 20.0 Å². The van der Waals surface area contributed by atoms with E-state index in [0.717, 1.165) is 16.8 Å². The molecule has 2 aromatic heterocycles. The van der Waals surface area contributed by atoms with E-state index in [4.69, 9.17) is 35.4 Å². The lowest BCUT2D eigenvalue weighted by Gasteiger charge is -2.09. The van der Waals surface area contributed by atoms with Gasteiger partial charge in [-0.05, 0) is 31.3 Å². The van der Waals surface area contributed by atoms with Crippen molar-refractivity contribution in [3.05, 3.63) is 63.5 Å². The van der Waals surface area contributed by atoms with Crippen LogP contribution in [0.3, 0.4) is 0 Å². The van der Waals surface area contributed by atoms with Gasteiger partial charge in [0.05, 0.1) is 12.2 Å². The van der Waals surface area contributed by atoms with Crippen molar-refractivity contribution >= 4 is 46.4 Å². The minimum Gasteiger partial charge on any atom is -0.358 e. The van der Waals surface area contributed by atoms with Gasteiger partial charge in [0.2, 0.25) is 0 Å². The average molecular weight is 409 g/mol. The Hall–Kier alpha value is -2.09. The standard InChI is InChI=1S/C17H18Cl2N6S/c1-11-12(9-24(2)22-11)8-20-17(26)21-16-6-7-25(23-16)10-13-14(18)4-3-5-15(13)19/h3-7,9H,8,10H2,1-2H3,(H2,20,21,23,26). The molecule has 0 aliphatic carbocycles. The number of rotatable bonds is 5. The van der Waals surface area contributed by atoms with E-state index in [1.165, 1.54) is 0 Å². The molecule has 0 saturated heterocycles. The van der Waals surface area contributed by atoms with Crippen LogP contribution in [-0.4, -0.2) is 24.7 Å². The van der Waals surface area contributed by atoms with E-state index in [1.54, 1.807) is 9.36 Å². The molecule has 9 heteroatoms.